The molecule has 1 atom stereocenters. The molecule has 4 rings (SSSR count). The lowest BCUT2D eigenvalue weighted by Crippen LogP contribution is -2.33. The first-order valence-corrected chi connectivity index (χ1v) is 9.43. The van der Waals surface area contributed by atoms with Gasteiger partial charge in [0.05, 0.1) is 17.9 Å². The molecule has 2 aliphatic rings. The maximum atomic E-state index is 12.2. The Morgan fingerprint density at radius 2 is 2.27 bits per heavy atom. The number of furan rings is 1. The van der Waals surface area contributed by atoms with E-state index in [2.05, 4.69) is 15.5 Å². The Balaban J connectivity index is 1.68. The van der Waals surface area contributed by atoms with Gasteiger partial charge in [0.2, 0.25) is 5.91 Å². The van der Waals surface area contributed by atoms with E-state index >= 15 is 0 Å². The van der Waals surface area contributed by atoms with E-state index in [0.29, 0.717) is 24.7 Å². The van der Waals surface area contributed by atoms with Gasteiger partial charge in [-0.2, -0.15) is 0 Å². The molecule has 0 spiro atoms. The molecule has 1 amide bonds. The van der Waals surface area contributed by atoms with Gasteiger partial charge in [0, 0.05) is 38.2 Å². The molecule has 4 heterocycles. The van der Waals surface area contributed by atoms with Crippen LogP contribution < -0.4 is 15.5 Å². The van der Waals surface area contributed by atoms with Gasteiger partial charge in [0.15, 0.2) is 11.6 Å². The highest BCUT2D eigenvalue weighted by Gasteiger charge is 2.31. The number of aromatic nitrogens is 2. The largest absolute Gasteiger partial charge is 0.461 e. The van der Waals surface area contributed by atoms with Crippen molar-refractivity contribution in [2.45, 2.75) is 26.2 Å². The van der Waals surface area contributed by atoms with Crippen molar-refractivity contribution in [1.29, 1.82) is 0 Å². The predicted octanol–water partition coefficient (Wildman–Crippen LogP) is 1.39. The molecule has 0 radical (unpaired) electrons. The fourth-order valence-electron chi connectivity index (χ4n) is 3.79. The number of nitrogens with one attached hydrogen (secondary N) is 2. The van der Waals surface area contributed by atoms with Crippen molar-refractivity contribution in [3.05, 3.63) is 29.7 Å². The Kier molecular flexibility index (Phi) is 4.88. The minimum atomic E-state index is 0.0246. The van der Waals surface area contributed by atoms with Crippen LogP contribution in [-0.4, -0.2) is 48.6 Å². The van der Waals surface area contributed by atoms with Crippen molar-refractivity contribution in [2.75, 3.05) is 37.6 Å². The van der Waals surface area contributed by atoms with Crippen molar-refractivity contribution in [3.8, 4) is 11.6 Å². The summed E-state index contributed by atoms with van der Waals surface area (Å²) in [6, 6.07) is 3.74. The standard InChI is InChI=1S/C19H25N5O2/c1-2-21-19(25)13-7-10-24(12-13)18-14-5-8-20-9-6-15(14)22-17(23-18)16-4-3-11-26-16/h3-4,11,13,20H,2,5-10,12H2,1H3,(H,21,25). The number of fused-ring (bicyclic) bond motifs is 1. The smallest absolute Gasteiger partial charge is 0.224 e. The Hall–Kier alpha value is -2.41. The van der Waals surface area contributed by atoms with Crippen molar-refractivity contribution in [2.24, 2.45) is 5.92 Å². The first-order chi connectivity index (χ1) is 12.8. The fourth-order valence-corrected chi connectivity index (χ4v) is 3.79. The number of anilines is 1. The summed E-state index contributed by atoms with van der Waals surface area (Å²) in [5.41, 5.74) is 2.30. The van der Waals surface area contributed by atoms with Crippen molar-refractivity contribution in [1.82, 2.24) is 20.6 Å². The molecular formula is C19H25N5O2. The summed E-state index contributed by atoms with van der Waals surface area (Å²) in [6.45, 7) is 6.03. The van der Waals surface area contributed by atoms with E-state index in [1.165, 1.54) is 5.56 Å². The summed E-state index contributed by atoms with van der Waals surface area (Å²) in [6.07, 6.45) is 4.29. The lowest BCUT2D eigenvalue weighted by Gasteiger charge is -2.22. The summed E-state index contributed by atoms with van der Waals surface area (Å²) in [7, 11) is 0. The molecule has 138 valence electrons. The first-order valence-electron chi connectivity index (χ1n) is 9.43. The number of amides is 1. The molecule has 0 aliphatic carbocycles. The van der Waals surface area contributed by atoms with E-state index in [1.54, 1.807) is 6.26 Å². The van der Waals surface area contributed by atoms with Gasteiger partial charge in [-0.05, 0) is 38.4 Å². The molecule has 1 fully saturated rings. The van der Waals surface area contributed by atoms with Gasteiger partial charge >= 0.3 is 0 Å². The second-order valence-corrected chi connectivity index (χ2v) is 6.85. The summed E-state index contributed by atoms with van der Waals surface area (Å²) in [4.78, 5) is 24.1. The summed E-state index contributed by atoms with van der Waals surface area (Å²) in [5.74, 6) is 2.45. The third kappa shape index (κ3) is 3.31. The molecule has 0 bridgehead atoms. The van der Waals surface area contributed by atoms with Crippen molar-refractivity contribution < 1.29 is 9.21 Å². The third-order valence-electron chi connectivity index (χ3n) is 5.11. The zero-order valence-electron chi connectivity index (χ0n) is 15.1. The summed E-state index contributed by atoms with van der Waals surface area (Å²) in [5, 5.41) is 6.38. The fraction of sp³-hybridized carbons (Fsp3) is 0.526. The van der Waals surface area contributed by atoms with Gasteiger partial charge in [0.25, 0.3) is 0 Å². The molecule has 2 aromatic heterocycles. The lowest BCUT2D eigenvalue weighted by molar-refractivity contribution is -0.124. The topological polar surface area (TPSA) is 83.3 Å². The van der Waals surface area contributed by atoms with Crippen LogP contribution in [0.15, 0.2) is 22.8 Å². The van der Waals surface area contributed by atoms with Crippen molar-refractivity contribution >= 4 is 11.7 Å². The van der Waals surface area contributed by atoms with Crippen LogP contribution in [0.1, 0.15) is 24.6 Å². The summed E-state index contributed by atoms with van der Waals surface area (Å²) >= 11 is 0. The molecule has 2 N–H and O–H groups in total. The minimum absolute atomic E-state index is 0.0246. The maximum Gasteiger partial charge on any atom is 0.224 e. The molecule has 0 saturated carbocycles. The van der Waals surface area contributed by atoms with Crippen LogP contribution >= 0.6 is 0 Å². The quantitative estimate of drug-likeness (QED) is 0.862. The van der Waals surface area contributed by atoms with Crippen LogP contribution in [-0.2, 0) is 17.6 Å². The highest BCUT2D eigenvalue weighted by atomic mass is 16.3. The van der Waals surface area contributed by atoms with Gasteiger partial charge in [-0.3, -0.25) is 4.79 Å². The second-order valence-electron chi connectivity index (χ2n) is 6.85. The van der Waals surface area contributed by atoms with Gasteiger partial charge < -0.3 is 20.0 Å². The zero-order valence-corrected chi connectivity index (χ0v) is 15.1. The second kappa shape index (κ2) is 7.45. The van der Waals surface area contributed by atoms with E-state index in [0.717, 1.165) is 50.4 Å². The number of carbonyl (C=O) groups excluding carboxylic acids is 1. The number of carbonyl (C=O) groups is 1. The Morgan fingerprint density at radius 1 is 1.38 bits per heavy atom. The average molecular weight is 355 g/mol. The predicted molar refractivity (Wildman–Crippen MR) is 99.0 cm³/mol. The molecule has 26 heavy (non-hydrogen) atoms. The number of nitrogens with zero attached hydrogens (tertiary/aromatic N) is 3. The molecule has 0 aromatic carbocycles. The Bertz CT molecular complexity index is 774. The Morgan fingerprint density at radius 3 is 3.08 bits per heavy atom. The van der Waals surface area contributed by atoms with Gasteiger partial charge in [0.1, 0.15) is 5.82 Å². The molecule has 7 nitrogen and oxygen atoms in total. The van der Waals surface area contributed by atoms with Crippen LogP contribution in [0.2, 0.25) is 0 Å². The monoisotopic (exact) mass is 355 g/mol. The van der Waals surface area contributed by atoms with E-state index in [-0.39, 0.29) is 11.8 Å². The SMILES string of the molecule is CCNC(=O)C1CCN(c2nc(-c3ccco3)nc3c2CCNCC3)C1. The normalized spacial score (nSPS) is 19.9. The van der Waals surface area contributed by atoms with Gasteiger partial charge in [-0.25, -0.2) is 9.97 Å². The van der Waals surface area contributed by atoms with Gasteiger partial charge in [-0.1, -0.05) is 0 Å². The molecule has 1 saturated heterocycles. The van der Waals surface area contributed by atoms with E-state index in [1.807, 2.05) is 19.1 Å². The van der Waals surface area contributed by atoms with E-state index in [9.17, 15) is 4.79 Å². The number of hydrogen-bond donors (Lipinski definition) is 2. The highest BCUT2D eigenvalue weighted by Crippen LogP contribution is 2.31. The molecule has 2 aliphatic heterocycles. The molecule has 1 unspecified atom stereocenters. The van der Waals surface area contributed by atoms with Crippen LogP contribution in [0.3, 0.4) is 0 Å². The summed E-state index contributed by atoms with van der Waals surface area (Å²) < 4.78 is 5.53. The maximum absolute atomic E-state index is 12.2. The zero-order chi connectivity index (χ0) is 17.9. The third-order valence-corrected chi connectivity index (χ3v) is 5.11. The van der Waals surface area contributed by atoms with Crippen LogP contribution in [0, 0.1) is 5.92 Å². The lowest BCUT2D eigenvalue weighted by atomic mass is 10.1. The highest BCUT2D eigenvalue weighted by molar-refractivity contribution is 5.80. The van der Waals surface area contributed by atoms with Crippen LogP contribution in [0.5, 0.6) is 0 Å². The minimum Gasteiger partial charge on any atom is -0.461 e. The Labute approximate surface area is 153 Å². The van der Waals surface area contributed by atoms with Gasteiger partial charge in [-0.15, -0.1) is 0 Å². The average Bonchev–Trinajstić information content (AvgIpc) is 3.29. The molecular weight excluding hydrogens is 330 g/mol. The van der Waals surface area contributed by atoms with Crippen LogP contribution in [0.4, 0.5) is 5.82 Å². The van der Waals surface area contributed by atoms with E-state index < -0.39 is 0 Å². The van der Waals surface area contributed by atoms with E-state index in [4.69, 9.17) is 14.4 Å². The number of rotatable bonds is 4. The molecule has 2 aromatic rings. The first kappa shape index (κ1) is 17.0. The number of hydrogen-bond acceptors (Lipinski definition) is 6. The van der Waals surface area contributed by atoms with Crippen molar-refractivity contribution in [3.63, 3.8) is 0 Å². The molecule has 7 heteroatoms. The van der Waals surface area contributed by atoms with Crippen LogP contribution in [0.25, 0.3) is 11.6 Å².